The number of nitrogens with zero attached hydrogens (tertiary/aromatic N) is 2. The maximum Gasteiger partial charge on any atom is 0.244 e. The van der Waals surface area contributed by atoms with Crippen LogP contribution in [0, 0.1) is 11.3 Å². The molecule has 2 heterocycles. The number of benzene rings is 1. The predicted molar refractivity (Wildman–Crippen MR) is 107 cm³/mol. The molecule has 1 amide bonds. The van der Waals surface area contributed by atoms with E-state index in [0.717, 1.165) is 18.7 Å². The zero-order chi connectivity index (χ0) is 18.9. The second-order valence-electron chi connectivity index (χ2n) is 6.37. The summed E-state index contributed by atoms with van der Waals surface area (Å²) in [6.45, 7) is 2.83. The molecule has 5 nitrogen and oxygen atoms in total. The summed E-state index contributed by atoms with van der Waals surface area (Å²) in [6, 6.07) is 13.7. The van der Waals surface area contributed by atoms with Crippen molar-refractivity contribution in [3.63, 3.8) is 0 Å². The third kappa shape index (κ3) is 5.68. The number of nitriles is 1. The van der Waals surface area contributed by atoms with E-state index in [4.69, 9.17) is 10.00 Å². The molecular weight excluding hydrogens is 358 g/mol. The van der Waals surface area contributed by atoms with Gasteiger partial charge in [0, 0.05) is 17.5 Å². The van der Waals surface area contributed by atoms with Crippen LogP contribution < -0.4 is 10.1 Å². The molecular formula is C21H23N3O2S. The summed E-state index contributed by atoms with van der Waals surface area (Å²) in [4.78, 5) is 16.0. The Labute approximate surface area is 163 Å². The Morgan fingerprint density at radius 2 is 2.07 bits per heavy atom. The van der Waals surface area contributed by atoms with Gasteiger partial charge in [0.1, 0.15) is 11.8 Å². The van der Waals surface area contributed by atoms with Crippen molar-refractivity contribution < 1.29 is 9.53 Å². The molecule has 1 unspecified atom stereocenters. The molecule has 1 saturated heterocycles. The van der Waals surface area contributed by atoms with Gasteiger partial charge >= 0.3 is 0 Å². The fourth-order valence-electron chi connectivity index (χ4n) is 3.16. The Morgan fingerprint density at radius 1 is 1.30 bits per heavy atom. The topological polar surface area (TPSA) is 65.4 Å². The van der Waals surface area contributed by atoms with Crippen LogP contribution in [0.5, 0.6) is 5.75 Å². The highest BCUT2D eigenvalue weighted by molar-refractivity contribution is 7.10. The SMILES string of the molecule is N#CCOc1ccc(/C=C/C(=O)NCC(c2cccs2)N2CCCC2)cc1. The largest absolute Gasteiger partial charge is 0.479 e. The quantitative estimate of drug-likeness (QED) is 0.710. The van der Waals surface area contributed by atoms with Crippen LogP contribution in [0.1, 0.15) is 29.3 Å². The van der Waals surface area contributed by atoms with Crippen LogP contribution in [0.15, 0.2) is 47.9 Å². The van der Waals surface area contributed by atoms with E-state index in [9.17, 15) is 4.79 Å². The molecule has 1 atom stereocenters. The maximum atomic E-state index is 12.2. The van der Waals surface area contributed by atoms with Gasteiger partial charge in [-0.25, -0.2) is 0 Å². The molecule has 2 aromatic rings. The van der Waals surface area contributed by atoms with Gasteiger partial charge in [-0.3, -0.25) is 9.69 Å². The van der Waals surface area contributed by atoms with E-state index in [1.807, 2.05) is 18.2 Å². The Balaban J connectivity index is 1.53. The molecule has 140 valence electrons. The molecule has 1 aliphatic rings. The van der Waals surface area contributed by atoms with Crippen molar-refractivity contribution in [1.82, 2.24) is 10.2 Å². The Bertz CT molecular complexity index is 788. The minimum atomic E-state index is -0.0967. The number of hydrogen-bond donors (Lipinski definition) is 1. The van der Waals surface area contributed by atoms with Crippen LogP contribution in [0.4, 0.5) is 0 Å². The third-order valence-electron chi connectivity index (χ3n) is 4.53. The van der Waals surface area contributed by atoms with Gasteiger partial charge in [-0.15, -0.1) is 11.3 Å². The summed E-state index contributed by atoms with van der Waals surface area (Å²) in [7, 11) is 0. The summed E-state index contributed by atoms with van der Waals surface area (Å²) in [6.07, 6.45) is 5.79. The van der Waals surface area contributed by atoms with E-state index < -0.39 is 0 Å². The molecule has 0 saturated carbocycles. The van der Waals surface area contributed by atoms with Gasteiger partial charge in [0.15, 0.2) is 6.61 Å². The lowest BCUT2D eigenvalue weighted by Crippen LogP contribution is -2.35. The molecule has 27 heavy (non-hydrogen) atoms. The normalized spacial score (nSPS) is 15.5. The van der Waals surface area contributed by atoms with Crippen molar-refractivity contribution in [3.05, 3.63) is 58.3 Å². The fourth-order valence-corrected chi connectivity index (χ4v) is 4.02. The molecule has 0 bridgehead atoms. The Kier molecular flexibility index (Phi) is 7.03. The van der Waals surface area contributed by atoms with Crippen LogP contribution in [-0.2, 0) is 4.79 Å². The maximum absolute atomic E-state index is 12.2. The van der Waals surface area contributed by atoms with Gasteiger partial charge in [0.05, 0.1) is 6.04 Å². The summed E-state index contributed by atoms with van der Waals surface area (Å²) >= 11 is 1.74. The van der Waals surface area contributed by atoms with Crippen molar-refractivity contribution in [1.29, 1.82) is 5.26 Å². The summed E-state index contributed by atoms with van der Waals surface area (Å²) < 4.78 is 5.22. The Morgan fingerprint density at radius 3 is 2.74 bits per heavy atom. The molecule has 6 heteroatoms. The molecule has 1 aromatic heterocycles. The van der Waals surface area contributed by atoms with Crippen molar-refractivity contribution >= 4 is 23.3 Å². The number of carbonyl (C=O) groups excluding carboxylic acids is 1. The second kappa shape index (κ2) is 9.91. The average molecular weight is 382 g/mol. The molecule has 1 aromatic carbocycles. The van der Waals surface area contributed by atoms with E-state index in [-0.39, 0.29) is 18.6 Å². The van der Waals surface area contributed by atoms with Gasteiger partial charge in [0.2, 0.25) is 5.91 Å². The Hall–Kier alpha value is -2.62. The van der Waals surface area contributed by atoms with Gasteiger partial charge in [0.25, 0.3) is 0 Å². The standard InChI is InChI=1S/C21H23N3O2S/c22-11-14-26-18-8-5-17(6-9-18)7-10-21(25)23-16-19(20-4-3-15-27-20)24-12-1-2-13-24/h3-10,15,19H,1-2,12-14,16H2,(H,23,25)/b10-7+. The smallest absolute Gasteiger partial charge is 0.244 e. The average Bonchev–Trinajstić information content (AvgIpc) is 3.40. The van der Waals surface area contributed by atoms with E-state index in [1.165, 1.54) is 17.7 Å². The highest BCUT2D eigenvalue weighted by Gasteiger charge is 2.24. The first kappa shape index (κ1) is 19.2. The molecule has 3 rings (SSSR count). The van der Waals surface area contributed by atoms with Gasteiger partial charge in [-0.2, -0.15) is 5.26 Å². The molecule has 1 N–H and O–H groups in total. The van der Waals surface area contributed by atoms with Crippen molar-refractivity contribution in [2.45, 2.75) is 18.9 Å². The summed E-state index contributed by atoms with van der Waals surface area (Å²) in [5, 5.41) is 13.6. The van der Waals surface area contributed by atoms with Gasteiger partial charge in [-0.1, -0.05) is 18.2 Å². The van der Waals surface area contributed by atoms with Crippen molar-refractivity contribution in [2.75, 3.05) is 26.2 Å². The second-order valence-corrected chi connectivity index (χ2v) is 7.35. The van der Waals surface area contributed by atoms with Crippen LogP contribution in [-0.4, -0.2) is 37.0 Å². The zero-order valence-corrected chi connectivity index (χ0v) is 16.0. The number of ether oxygens (including phenoxy) is 1. The monoisotopic (exact) mass is 381 g/mol. The van der Waals surface area contributed by atoms with E-state index in [0.29, 0.717) is 12.3 Å². The van der Waals surface area contributed by atoms with Crippen LogP contribution in [0.2, 0.25) is 0 Å². The van der Waals surface area contributed by atoms with Crippen LogP contribution in [0.3, 0.4) is 0 Å². The number of hydrogen-bond acceptors (Lipinski definition) is 5. The fraction of sp³-hybridized carbons (Fsp3) is 0.333. The first-order chi connectivity index (χ1) is 13.3. The third-order valence-corrected chi connectivity index (χ3v) is 5.51. The van der Waals surface area contributed by atoms with Crippen molar-refractivity contribution in [3.8, 4) is 11.8 Å². The van der Waals surface area contributed by atoms with Gasteiger partial charge < -0.3 is 10.1 Å². The number of amides is 1. The number of likely N-dealkylation sites (tertiary alicyclic amines) is 1. The summed E-state index contributed by atoms with van der Waals surface area (Å²) in [5.41, 5.74) is 0.906. The minimum absolute atomic E-state index is 0.0278. The molecule has 0 spiro atoms. The molecule has 0 radical (unpaired) electrons. The van der Waals surface area contributed by atoms with E-state index in [1.54, 1.807) is 35.6 Å². The number of nitrogens with one attached hydrogen (secondary N) is 1. The predicted octanol–water partition coefficient (Wildman–Crippen LogP) is 3.62. The highest BCUT2D eigenvalue weighted by atomic mass is 32.1. The van der Waals surface area contributed by atoms with E-state index in [2.05, 4.69) is 27.7 Å². The van der Waals surface area contributed by atoms with Gasteiger partial charge in [-0.05, 0) is 61.1 Å². The summed E-state index contributed by atoms with van der Waals surface area (Å²) in [5.74, 6) is 0.545. The minimum Gasteiger partial charge on any atom is -0.479 e. The lowest BCUT2D eigenvalue weighted by atomic mass is 10.2. The zero-order valence-electron chi connectivity index (χ0n) is 15.1. The lowest BCUT2D eigenvalue weighted by molar-refractivity contribution is -0.116. The first-order valence-electron chi connectivity index (χ1n) is 9.09. The first-order valence-corrected chi connectivity index (χ1v) is 9.97. The number of carbonyl (C=O) groups is 1. The molecule has 1 aliphatic heterocycles. The van der Waals surface area contributed by atoms with Crippen LogP contribution >= 0.6 is 11.3 Å². The van der Waals surface area contributed by atoms with Crippen molar-refractivity contribution in [2.24, 2.45) is 0 Å². The lowest BCUT2D eigenvalue weighted by Gasteiger charge is -2.26. The number of thiophene rings is 1. The highest BCUT2D eigenvalue weighted by Crippen LogP contribution is 2.27. The van der Waals surface area contributed by atoms with Crippen LogP contribution in [0.25, 0.3) is 6.08 Å². The molecule has 0 aliphatic carbocycles. The van der Waals surface area contributed by atoms with E-state index >= 15 is 0 Å². The molecule has 1 fully saturated rings. The number of rotatable bonds is 8.